The summed E-state index contributed by atoms with van der Waals surface area (Å²) in [6, 6.07) is 15.4. The molecular formula is C14H11ClN2O. The number of rotatable bonds is 3. The first kappa shape index (κ1) is 12.3. The van der Waals surface area contributed by atoms with Crippen molar-refractivity contribution in [3.63, 3.8) is 0 Å². The normalized spacial score (nSPS) is 11.6. The van der Waals surface area contributed by atoms with Crippen LogP contribution in [0, 0.1) is 11.3 Å². The van der Waals surface area contributed by atoms with E-state index in [9.17, 15) is 10.4 Å². The molecule has 2 aromatic carbocycles. The van der Waals surface area contributed by atoms with Gasteiger partial charge in [-0.15, -0.1) is 0 Å². The SMILES string of the molecule is N#C[C@H](Nc1ccccc1O)c1ccc(Cl)cc1. The lowest BCUT2D eigenvalue weighted by atomic mass is 10.1. The zero-order valence-corrected chi connectivity index (χ0v) is 10.2. The van der Waals surface area contributed by atoms with E-state index in [0.717, 1.165) is 5.56 Å². The molecular weight excluding hydrogens is 248 g/mol. The first-order chi connectivity index (χ1) is 8.70. The summed E-state index contributed by atoms with van der Waals surface area (Å²) in [6.45, 7) is 0. The molecule has 0 amide bonds. The number of anilines is 1. The van der Waals surface area contributed by atoms with Gasteiger partial charge in [0.25, 0.3) is 0 Å². The van der Waals surface area contributed by atoms with Crippen LogP contribution >= 0.6 is 11.6 Å². The minimum absolute atomic E-state index is 0.117. The molecule has 0 radical (unpaired) electrons. The van der Waals surface area contributed by atoms with Crippen LogP contribution in [0.15, 0.2) is 48.5 Å². The fourth-order valence-corrected chi connectivity index (χ4v) is 1.72. The zero-order chi connectivity index (χ0) is 13.0. The van der Waals surface area contributed by atoms with Crippen LogP contribution in [0.1, 0.15) is 11.6 Å². The summed E-state index contributed by atoms with van der Waals surface area (Å²) in [5, 5.41) is 22.4. The number of hydrogen-bond acceptors (Lipinski definition) is 3. The number of nitrogens with one attached hydrogen (secondary N) is 1. The molecule has 0 aliphatic heterocycles. The fraction of sp³-hybridized carbons (Fsp3) is 0.0714. The Kier molecular flexibility index (Phi) is 3.71. The molecule has 0 bridgehead atoms. The summed E-state index contributed by atoms with van der Waals surface area (Å²) < 4.78 is 0. The summed E-state index contributed by atoms with van der Waals surface area (Å²) in [5.74, 6) is 0.117. The van der Waals surface area contributed by atoms with Crippen LogP contribution in [0.2, 0.25) is 5.02 Å². The zero-order valence-electron chi connectivity index (χ0n) is 9.47. The highest BCUT2D eigenvalue weighted by Gasteiger charge is 2.11. The van der Waals surface area contributed by atoms with Crippen molar-refractivity contribution in [2.45, 2.75) is 6.04 Å². The lowest BCUT2D eigenvalue weighted by Crippen LogP contribution is -2.08. The quantitative estimate of drug-likeness (QED) is 0.825. The summed E-state index contributed by atoms with van der Waals surface area (Å²) >= 11 is 5.80. The van der Waals surface area contributed by atoms with Gasteiger partial charge in [-0.3, -0.25) is 0 Å². The molecule has 0 aliphatic carbocycles. The van der Waals surface area contributed by atoms with Crippen molar-refractivity contribution in [3.8, 4) is 11.8 Å². The third kappa shape index (κ3) is 2.73. The number of aromatic hydroxyl groups is 1. The van der Waals surface area contributed by atoms with Gasteiger partial charge in [0, 0.05) is 5.02 Å². The largest absolute Gasteiger partial charge is 0.506 e. The Balaban J connectivity index is 2.23. The Hall–Kier alpha value is -2.18. The van der Waals surface area contributed by atoms with Crippen LogP contribution in [-0.4, -0.2) is 5.11 Å². The van der Waals surface area contributed by atoms with Crippen LogP contribution in [0.5, 0.6) is 5.75 Å². The second-order valence-electron chi connectivity index (χ2n) is 3.78. The van der Waals surface area contributed by atoms with Crippen molar-refractivity contribution in [2.75, 3.05) is 5.32 Å². The van der Waals surface area contributed by atoms with Crippen LogP contribution in [0.25, 0.3) is 0 Å². The average Bonchev–Trinajstić information content (AvgIpc) is 2.39. The molecule has 18 heavy (non-hydrogen) atoms. The summed E-state index contributed by atoms with van der Waals surface area (Å²) in [5.41, 5.74) is 1.32. The number of benzene rings is 2. The van der Waals surface area contributed by atoms with Crippen LogP contribution in [-0.2, 0) is 0 Å². The Morgan fingerprint density at radius 1 is 1.11 bits per heavy atom. The molecule has 4 heteroatoms. The molecule has 0 aliphatic rings. The molecule has 2 aromatic rings. The van der Waals surface area contributed by atoms with Gasteiger partial charge in [-0.25, -0.2) is 0 Å². The lowest BCUT2D eigenvalue weighted by Gasteiger charge is -2.14. The summed E-state index contributed by atoms with van der Waals surface area (Å²) in [4.78, 5) is 0. The van der Waals surface area contributed by atoms with E-state index in [0.29, 0.717) is 10.7 Å². The molecule has 0 unspecified atom stereocenters. The van der Waals surface area contributed by atoms with Crippen molar-refractivity contribution >= 4 is 17.3 Å². The van der Waals surface area contributed by atoms with Gasteiger partial charge in [0.05, 0.1) is 11.8 Å². The molecule has 0 saturated heterocycles. The first-order valence-corrected chi connectivity index (χ1v) is 5.78. The maximum Gasteiger partial charge on any atom is 0.140 e. The van der Waals surface area contributed by atoms with E-state index in [-0.39, 0.29) is 5.75 Å². The van der Waals surface area contributed by atoms with E-state index in [1.807, 2.05) is 0 Å². The molecule has 0 heterocycles. The van der Waals surface area contributed by atoms with Gasteiger partial charge in [-0.1, -0.05) is 35.9 Å². The smallest absolute Gasteiger partial charge is 0.140 e. The van der Waals surface area contributed by atoms with Gasteiger partial charge in [0.2, 0.25) is 0 Å². The number of nitriles is 1. The van der Waals surface area contributed by atoms with Gasteiger partial charge in [0.1, 0.15) is 11.8 Å². The van der Waals surface area contributed by atoms with Crippen molar-refractivity contribution in [1.29, 1.82) is 5.26 Å². The minimum atomic E-state index is -0.532. The Morgan fingerprint density at radius 2 is 1.78 bits per heavy atom. The lowest BCUT2D eigenvalue weighted by molar-refractivity contribution is 0.477. The van der Waals surface area contributed by atoms with Gasteiger partial charge < -0.3 is 10.4 Å². The number of halogens is 1. The summed E-state index contributed by atoms with van der Waals surface area (Å²) in [6.07, 6.45) is 0. The van der Waals surface area contributed by atoms with Gasteiger partial charge in [0.15, 0.2) is 0 Å². The van der Waals surface area contributed by atoms with Gasteiger partial charge in [-0.2, -0.15) is 5.26 Å². The van der Waals surface area contributed by atoms with E-state index in [4.69, 9.17) is 11.6 Å². The molecule has 0 saturated carbocycles. The molecule has 90 valence electrons. The predicted molar refractivity (Wildman–Crippen MR) is 71.5 cm³/mol. The van der Waals surface area contributed by atoms with Gasteiger partial charge >= 0.3 is 0 Å². The third-order valence-electron chi connectivity index (χ3n) is 2.54. The van der Waals surface area contributed by atoms with Crippen molar-refractivity contribution in [1.82, 2.24) is 0 Å². The maximum atomic E-state index is 9.65. The van der Waals surface area contributed by atoms with Crippen LogP contribution < -0.4 is 5.32 Å². The predicted octanol–water partition coefficient (Wildman–Crippen LogP) is 3.72. The Labute approximate surface area is 110 Å². The highest BCUT2D eigenvalue weighted by Crippen LogP contribution is 2.27. The Bertz CT molecular complexity index is 575. The standard InChI is InChI=1S/C14H11ClN2O/c15-11-7-5-10(6-8-11)13(9-16)17-12-3-1-2-4-14(12)18/h1-8,13,17-18H/t13-/m0/s1. The maximum absolute atomic E-state index is 9.65. The van der Waals surface area contributed by atoms with Crippen LogP contribution in [0.3, 0.4) is 0 Å². The molecule has 1 atom stereocenters. The highest BCUT2D eigenvalue weighted by atomic mass is 35.5. The monoisotopic (exact) mass is 258 g/mol. The third-order valence-corrected chi connectivity index (χ3v) is 2.79. The number of para-hydroxylation sites is 2. The van der Waals surface area contributed by atoms with E-state index in [1.54, 1.807) is 48.5 Å². The number of hydrogen-bond donors (Lipinski definition) is 2. The number of nitrogens with zero attached hydrogens (tertiary/aromatic N) is 1. The number of phenols is 1. The molecule has 0 fully saturated rings. The highest BCUT2D eigenvalue weighted by molar-refractivity contribution is 6.30. The second-order valence-corrected chi connectivity index (χ2v) is 4.21. The van der Waals surface area contributed by atoms with Crippen molar-refractivity contribution in [3.05, 3.63) is 59.1 Å². The van der Waals surface area contributed by atoms with E-state index >= 15 is 0 Å². The molecule has 0 spiro atoms. The molecule has 3 nitrogen and oxygen atoms in total. The fourth-order valence-electron chi connectivity index (χ4n) is 1.60. The van der Waals surface area contributed by atoms with Gasteiger partial charge in [-0.05, 0) is 29.8 Å². The Morgan fingerprint density at radius 3 is 2.39 bits per heavy atom. The number of phenolic OH excluding ortho intramolecular Hbond substituents is 1. The first-order valence-electron chi connectivity index (χ1n) is 5.40. The van der Waals surface area contributed by atoms with Crippen LogP contribution in [0.4, 0.5) is 5.69 Å². The molecule has 0 aromatic heterocycles. The second kappa shape index (κ2) is 5.44. The topological polar surface area (TPSA) is 56.0 Å². The molecule has 2 rings (SSSR count). The average molecular weight is 259 g/mol. The van der Waals surface area contributed by atoms with E-state index in [1.165, 1.54) is 0 Å². The molecule has 2 N–H and O–H groups in total. The van der Waals surface area contributed by atoms with Crippen molar-refractivity contribution in [2.24, 2.45) is 0 Å². The summed E-state index contributed by atoms with van der Waals surface area (Å²) in [7, 11) is 0. The van der Waals surface area contributed by atoms with Crippen molar-refractivity contribution < 1.29 is 5.11 Å². The minimum Gasteiger partial charge on any atom is -0.506 e. The van der Waals surface area contributed by atoms with E-state index < -0.39 is 6.04 Å². The van der Waals surface area contributed by atoms with E-state index in [2.05, 4.69) is 11.4 Å².